The van der Waals surface area contributed by atoms with Crippen LogP contribution in [0.5, 0.6) is 0 Å². The number of aromatic nitrogens is 2. The second-order valence-electron chi connectivity index (χ2n) is 5.00. The minimum Gasteiger partial charge on any atom is -0.369 e. The molecule has 0 aliphatic carbocycles. The Bertz CT molecular complexity index is 556. The first kappa shape index (κ1) is 15.5. The fourth-order valence-electron chi connectivity index (χ4n) is 1.75. The van der Waals surface area contributed by atoms with Crippen LogP contribution in [-0.4, -0.2) is 42.1 Å². The van der Waals surface area contributed by atoms with Gasteiger partial charge in [0, 0.05) is 30.7 Å². The van der Waals surface area contributed by atoms with Crippen molar-refractivity contribution in [2.45, 2.75) is 6.54 Å². The van der Waals surface area contributed by atoms with E-state index in [2.05, 4.69) is 25.5 Å². The van der Waals surface area contributed by atoms with Gasteiger partial charge in [-0.2, -0.15) is 0 Å². The molecule has 0 fully saturated rings. The first-order chi connectivity index (χ1) is 10.1. The maximum atomic E-state index is 5.87. The molecular formula is C15H20ClN5. The minimum atomic E-state index is 0.700. The molecule has 0 bridgehead atoms. The molecule has 0 aliphatic heterocycles. The molecule has 2 rings (SSSR count). The molecule has 0 atom stereocenters. The van der Waals surface area contributed by atoms with Gasteiger partial charge in [-0.3, -0.25) is 0 Å². The molecule has 112 valence electrons. The van der Waals surface area contributed by atoms with Gasteiger partial charge in [0.2, 0.25) is 0 Å². The maximum absolute atomic E-state index is 5.87. The van der Waals surface area contributed by atoms with Crippen LogP contribution < -0.4 is 10.6 Å². The Balaban J connectivity index is 1.87. The van der Waals surface area contributed by atoms with E-state index in [4.69, 9.17) is 11.6 Å². The van der Waals surface area contributed by atoms with Crippen molar-refractivity contribution < 1.29 is 0 Å². The number of benzene rings is 1. The summed E-state index contributed by atoms with van der Waals surface area (Å²) in [4.78, 5) is 10.5. The van der Waals surface area contributed by atoms with Crippen molar-refractivity contribution in [3.63, 3.8) is 0 Å². The Kier molecular flexibility index (Phi) is 5.78. The first-order valence-electron chi connectivity index (χ1n) is 6.82. The monoisotopic (exact) mass is 305 g/mol. The molecule has 1 aromatic heterocycles. The van der Waals surface area contributed by atoms with Crippen molar-refractivity contribution in [3.8, 4) is 0 Å². The average Bonchev–Trinajstić information content (AvgIpc) is 2.47. The number of rotatable bonds is 7. The Morgan fingerprint density at radius 1 is 1.05 bits per heavy atom. The van der Waals surface area contributed by atoms with Crippen LogP contribution in [0.15, 0.2) is 36.7 Å². The molecule has 0 unspecified atom stereocenters. The van der Waals surface area contributed by atoms with E-state index in [-0.39, 0.29) is 0 Å². The number of likely N-dealkylation sites (N-methyl/N-ethyl adjacent to an activating group) is 1. The van der Waals surface area contributed by atoms with Gasteiger partial charge in [0.25, 0.3) is 0 Å². The number of nitrogens with zero attached hydrogens (tertiary/aromatic N) is 3. The van der Waals surface area contributed by atoms with E-state index in [0.29, 0.717) is 6.54 Å². The second-order valence-corrected chi connectivity index (χ2v) is 5.43. The lowest BCUT2D eigenvalue weighted by molar-refractivity contribution is 0.425. The van der Waals surface area contributed by atoms with E-state index >= 15 is 0 Å². The zero-order valence-corrected chi connectivity index (χ0v) is 13.1. The Morgan fingerprint density at radius 3 is 2.38 bits per heavy atom. The molecule has 21 heavy (non-hydrogen) atoms. The highest BCUT2D eigenvalue weighted by Crippen LogP contribution is 2.12. The largest absolute Gasteiger partial charge is 0.369 e. The lowest BCUT2D eigenvalue weighted by atomic mass is 10.2. The average molecular weight is 306 g/mol. The standard InChI is InChI=1S/C15H20ClN5/c1-21(2)8-7-17-14-9-15(20-11-19-14)18-10-12-3-5-13(16)6-4-12/h3-6,9,11H,7-8,10H2,1-2H3,(H2,17,18,19,20). The molecule has 0 spiro atoms. The van der Waals surface area contributed by atoms with Crippen LogP contribution in [0.1, 0.15) is 5.56 Å². The van der Waals surface area contributed by atoms with E-state index in [1.807, 2.05) is 44.4 Å². The molecule has 5 nitrogen and oxygen atoms in total. The van der Waals surface area contributed by atoms with Crippen molar-refractivity contribution in [3.05, 3.63) is 47.2 Å². The normalized spacial score (nSPS) is 10.7. The summed E-state index contributed by atoms with van der Waals surface area (Å²) < 4.78 is 0. The highest BCUT2D eigenvalue weighted by molar-refractivity contribution is 6.30. The van der Waals surface area contributed by atoms with Crippen LogP contribution in [0.3, 0.4) is 0 Å². The van der Waals surface area contributed by atoms with Gasteiger partial charge in [-0.1, -0.05) is 23.7 Å². The molecular weight excluding hydrogens is 286 g/mol. The molecule has 0 amide bonds. The van der Waals surface area contributed by atoms with Crippen LogP contribution in [0.2, 0.25) is 5.02 Å². The Labute approximate surface area is 130 Å². The molecule has 0 saturated heterocycles. The zero-order chi connectivity index (χ0) is 15.1. The van der Waals surface area contributed by atoms with Gasteiger partial charge in [0.15, 0.2) is 0 Å². The summed E-state index contributed by atoms with van der Waals surface area (Å²) in [6, 6.07) is 9.66. The van der Waals surface area contributed by atoms with E-state index < -0.39 is 0 Å². The summed E-state index contributed by atoms with van der Waals surface area (Å²) in [5, 5.41) is 7.29. The van der Waals surface area contributed by atoms with Gasteiger partial charge in [0.1, 0.15) is 18.0 Å². The molecule has 0 saturated carbocycles. The highest BCUT2D eigenvalue weighted by Gasteiger charge is 1.99. The van der Waals surface area contributed by atoms with E-state index in [0.717, 1.165) is 35.3 Å². The van der Waals surface area contributed by atoms with Crippen molar-refractivity contribution >= 4 is 23.2 Å². The molecule has 1 heterocycles. The van der Waals surface area contributed by atoms with Gasteiger partial charge in [-0.15, -0.1) is 0 Å². The zero-order valence-electron chi connectivity index (χ0n) is 12.3. The van der Waals surface area contributed by atoms with E-state index in [1.54, 1.807) is 6.33 Å². The first-order valence-corrected chi connectivity index (χ1v) is 7.20. The SMILES string of the molecule is CN(C)CCNc1cc(NCc2ccc(Cl)cc2)ncn1. The van der Waals surface area contributed by atoms with Crippen molar-refractivity contribution in [2.24, 2.45) is 0 Å². The number of anilines is 2. The van der Waals surface area contributed by atoms with Crippen molar-refractivity contribution in [2.75, 3.05) is 37.8 Å². The van der Waals surface area contributed by atoms with Crippen LogP contribution >= 0.6 is 11.6 Å². The maximum Gasteiger partial charge on any atom is 0.131 e. The van der Waals surface area contributed by atoms with Crippen LogP contribution in [0, 0.1) is 0 Å². The van der Waals surface area contributed by atoms with Gasteiger partial charge in [0.05, 0.1) is 0 Å². The third kappa shape index (κ3) is 5.57. The molecule has 0 aliphatic rings. The fourth-order valence-corrected chi connectivity index (χ4v) is 1.88. The fraction of sp³-hybridized carbons (Fsp3) is 0.333. The number of hydrogen-bond acceptors (Lipinski definition) is 5. The smallest absolute Gasteiger partial charge is 0.131 e. The van der Waals surface area contributed by atoms with Gasteiger partial charge in [-0.25, -0.2) is 9.97 Å². The molecule has 2 aromatic rings. The summed E-state index contributed by atoms with van der Waals surface area (Å²) in [5.74, 6) is 1.62. The van der Waals surface area contributed by atoms with E-state index in [9.17, 15) is 0 Å². The van der Waals surface area contributed by atoms with Gasteiger partial charge in [-0.05, 0) is 31.8 Å². The van der Waals surface area contributed by atoms with Crippen LogP contribution in [0.25, 0.3) is 0 Å². The minimum absolute atomic E-state index is 0.700. The summed E-state index contributed by atoms with van der Waals surface area (Å²) in [6.45, 7) is 2.50. The highest BCUT2D eigenvalue weighted by atomic mass is 35.5. The lowest BCUT2D eigenvalue weighted by Gasteiger charge is -2.11. The summed E-state index contributed by atoms with van der Waals surface area (Å²) >= 11 is 5.87. The van der Waals surface area contributed by atoms with E-state index in [1.165, 1.54) is 0 Å². The summed E-state index contributed by atoms with van der Waals surface area (Å²) in [6.07, 6.45) is 1.56. The number of hydrogen-bond donors (Lipinski definition) is 2. The summed E-state index contributed by atoms with van der Waals surface area (Å²) in [7, 11) is 4.08. The predicted octanol–water partition coefficient (Wildman–Crippen LogP) is 2.72. The number of halogens is 1. The topological polar surface area (TPSA) is 53.1 Å². The Morgan fingerprint density at radius 2 is 1.71 bits per heavy atom. The van der Waals surface area contributed by atoms with Crippen LogP contribution in [0.4, 0.5) is 11.6 Å². The van der Waals surface area contributed by atoms with Gasteiger partial charge >= 0.3 is 0 Å². The Hall–Kier alpha value is -1.85. The third-order valence-corrected chi connectivity index (χ3v) is 3.17. The van der Waals surface area contributed by atoms with Gasteiger partial charge < -0.3 is 15.5 Å². The quantitative estimate of drug-likeness (QED) is 0.824. The van der Waals surface area contributed by atoms with Crippen molar-refractivity contribution in [1.29, 1.82) is 0 Å². The number of nitrogens with one attached hydrogen (secondary N) is 2. The lowest BCUT2D eigenvalue weighted by Crippen LogP contribution is -2.21. The predicted molar refractivity (Wildman–Crippen MR) is 87.9 cm³/mol. The third-order valence-electron chi connectivity index (χ3n) is 2.92. The summed E-state index contributed by atoms with van der Waals surface area (Å²) in [5.41, 5.74) is 1.15. The molecule has 6 heteroatoms. The van der Waals surface area contributed by atoms with Crippen LogP contribution in [-0.2, 0) is 6.54 Å². The molecule has 2 N–H and O–H groups in total. The van der Waals surface area contributed by atoms with Crippen molar-refractivity contribution in [1.82, 2.24) is 14.9 Å². The molecule has 1 aromatic carbocycles. The molecule has 0 radical (unpaired) electrons. The second kappa shape index (κ2) is 7.81.